The summed E-state index contributed by atoms with van der Waals surface area (Å²) in [5.74, 6) is 1.17. The van der Waals surface area contributed by atoms with Gasteiger partial charge in [0.2, 0.25) is 0 Å². The summed E-state index contributed by atoms with van der Waals surface area (Å²) >= 11 is 0. The molecule has 0 aliphatic heterocycles. The standard InChI is InChI=1S/C13H21N3O/c1-5-14-12-7-11(6-10(4)16-12)13(17)15-8-9(2)3/h6-7,9H,5,8H2,1-4H3,(H,14,16)(H,15,17). The Morgan fingerprint density at radius 1 is 1.41 bits per heavy atom. The number of nitrogens with one attached hydrogen (secondary N) is 2. The Balaban J connectivity index is 2.78. The van der Waals surface area contributed by atoms with E-state index in [4.69, 9.17) is 0 Å². The lowest BCUT2D eigenvalue weighted by Crippen LogP contribution is -2.27. The van der Waals surface area contributed by atoms with E-state index in [0.717, 1.165) is 18.1 Å². The van der Waals surface area contributed by atoms with Crippen LogP contribution < -0.4 is 10.6 Å². The number of carbonyl (C=O) groups excluding carboxylic acids is 1. The first-order chi connectivity index (χ1) is 8.02. The summed E-state index contributed by atoms with van der Waals surface area (Å²) < 4.78 is 0. The Morgan fingerprint density at radius 3 is 2.71 bits per heavy atom. The number of amides is 1. The molecule has 2 N–H and O–H groups in total. The summed E-state index contributed by atoms with van der Waals surface area (Å²) in [5, 5.41) is 6.02. The first-order valence-electron chi connectivity index (χ1n) is 6.03. The molecule has 1 rings (SSSR count). The summed E-state index contributed by atoms with van der Waals surface area (Å²) in [5.41, 5.74) is 1.51. The molecule has 0 spiro atoms. The third-order valence-corrected chi connectivity index (χ3v) is 2.24. The van der Waals surface area contributed by atoms with Gasteiger partial charge in [0.15, 0.2) is 0 Å². The molecular weight excluding hydrogens is 214 g/mol. The Kier molecular flexibility index (Phi) is 4.94. The van der Waals surface area contributed by atoms with Crippen molar-refractivity contribution in [1.29, 1.82) is 0 Å². The molecule has 0 unspecified atom stereocenters. The second kappa shape index (κ2) is 6.23. The summed E-state index contributed by atoms with van der Waals surface area (Å²) in [7, 11) is 0. The van der Waals surface area contributed by atoms with Crippen LogP contribution in [0.5, 0.6) is 0 Å². The normalized spacial score (nSPS) is 10.4. The predicted molar refractivity (Wildman–Crippen MR) is 70.3 cm³/mol. The zero-order valence-electron chi connectivity index (χ0n) is 11.0. The van der Waals surface area contributed by atoms with E-state index in [-0.39, 0.29) is 5.91 Å². The largest absolute Gasteiger partial charge is 0.370 e. The zero-order chi connectivity index (χ0) is 12.8. The highest BCUT2D eigenvalue weighted by atomic mass is 16.1. The Labute approximate surface area is 103 Å². The lowest BCUT2D eigenvalue weighted by molar-refractivity contribution is 0.0949. The number of hydrogen-bond donors (Lipinski definition) is 2. The SMILES string of the molecule is CCNc1cc(C(=O)NCC(C)C)cc(C)n1. The third kappa shape index (κ3) is 4.43. The smallest absolute Gasteiger partial charge is 0.251 e. The van der Waals surface area contributed by atoms with Crippen molar-refractivity contribution in [3.8, 4) is 0 Å². The molecule has 0 aliphatic rings. The number of aromatic nitrogens is 1. The Bertz CT molecular complexity index is 388. The van der Waals surface area contributed by atoms with E-state index in [9.17, 15) is 4.79 Å². The zero-order valence-corrected chi connectivity index (χ0v) is 11.0. The van der Waals surface area contributed by atoms with Gasteiger partial charge in [-0.3, -0.25) is 4.79 Å². The van der Waals surface area contributed by atoms with Gasteiger partial charge in [-0.2, -0.15) is 0 Å². The van der Waals surface area contributed by atoms with Crippen LogP contribution in [0.1, 0.15) is 36.8 Å². The van der Waals surface area contributed by atoms with E-state index >= 15 is 0 Å². The molecule has 94 valence electrons. The summed E-state index contributed by atoms with van der Waals surface area (Å²) in [6.07, 6.45) is 0. The molecule has 0 aromatic carbocycles. The van der Waals surface area contributed by atoms with Crippen molar-refractivity contribution in [2.45, 2.75) is 27.7 Å². The van der Waals surface area contributed by atoms with Crippen LogP contribution in [0.4, 0.5) is 5.82 Å². The van der Waals surface area contributed by atoms with Crippen LogP contribution in [-0.2, 0) is 0 Å². The van der Waals surface area contributed by atoms with E-state index in [2.05, 4.69) is 29.5 Å². The summed E-state index contributed by atoms with van der Waals surface area (Å²) in [6.45, 7) is 9.52. The highest BCUT2D eigenvalue weighted by molar-refractivity contribution is 5.94. The quantitative estimate of drug-likeness (QED) is 0.822. The maximum absolute atomic E-state index is 11.9. The minimum atomic E-state index is -0.0386. The van der Waals surface area contributed by atoms with Gasteiger partial charge in [0, 0.05) is 24.3 Å². The van der Waals surface area contributed by atoms with Crippen LogP contribution in [-0.4, -0.2) is 24.0 Å². The highest BCUT2D eigenvalue weighted by Crippen LogP contribution is 2.10. The molecule has 0 saturated carbocycles. The van der Waals surface area contributed by atoms with Crippen molar-refractivity contribution in [3.63, 3.8) is 0 Å². The topological polar surface area (TPSA) is 54.0 Å². The first-order valence-corrected chi connectivity index (χ1v) is 6.03. The molecule has 4 nitrogen and oxygen atoms in total. The fourth-order valence-corrected chi connectivity index (χ4v) is 1.47. The van der Waals surface area contributed by atoms with Gasteiger partial charge in [0.1, 0.15) is 5.82 Å². The van der Waals surface area contributed by atoms with Crippen molar-refractivity contribution in [2.24, 2.45) is 5.92 Å². The maximum Gasteiger partial charge on any atom is 0.251 e. The van der Waals surface area contributed by atoms with Crippen LogP contribution in [0.15, 0.2) is 12.1 Å². The first kappa shape index (κ1) is 13.5. The van der Waals surface area contributed by atoms with Gasteiger partial charge in [-0.05, 0) is 31.9 Å². The molecule has 0 aliphatic carbocycles. The summed E-state index contributed by atoms with van der Waals surface area (Å²) in [4.78, 5) is 16.2. The molecule has 17 heavy (non-hydrogen) atoms. The van der Waals surface area contributed by atoms with Crippen molar-refractivity contribution >= 4 is 11.7 Å². The molecule has 1 aromatic heterocycles. The van der Waals surface area contributed by atoms with Crippen LogP contribution in [0.25, 0.3) is 0 Å². The average Bonchev–Trinajstić information content (AvgIpc) is 2.25. The molecular formula is C13H21N3O. The van der Waals surface area contributed by atoms with Crippen molar-refractivity contribution in [3.05, 3.63) is 23.4 Å². The van der Waals surface area contributed by atoms with Gasteiger partial charge in [0.05, 0.1) is 0 Å². The lowest BCUT2D eigenvalue weighted by Gasteiger charge is -2.10. The molecule has 0 fully saturated rings. The van der Waals surface area contributed by atoms with Gasteiger partial charge in [0.25, 0.3) is 5.91 Å². The summed E-state index contributed by atoms with van der Waals surface area (Å²) in [6, 6.07) is 3.59. The highest BCUT2D eigenvalue weighted by Gasteiger charge is 2.08. The van der Waals surface area contributed by atoms with Crippen molar-refractivity contribution in [1.82, 2.24) is 10.3 Å². The minimum Gasteiger partial charge on any atom is -0.370 e. The molecule has 1 amide bonds. The molecule has 0 bridgehead atoms. The average molecular weight is 235 g/mol. The number of anilines is 1. The lowest BCUT2D eigenvalue weighted by atomic mass is 10.2. The third-order valence-electron chi connectivity index (χ3n) is 2.24. The fourth-order valence-electron chi connectivity index (χ4n) is 1.47. The van der Waals surface area contributed by atoms with E-state index in [0.29, 0.717) is 18.0 Å². The van der Waals surface area contributed by atoms with E-state index in [1.165, 1.54) is 0 Å². The van der Waals surface area contributed by atoms with Gasteiger partial charge in [-0.25, -0.2) is 4.98 Å². The molecule has 4 heteroatoms. The van der Waals surface area contributed by atoms with Crippen LogP contribution in [0.2, 0.25) is 0 Å². The van der Waals surface area contributed by atoms with Gasteiger partial charge in [-0.15, -0.1) is 0 Å². The predicted octanol–water partition coefficient (Wildman–Crippen LogP) is 2.21. The Morgan fingerprint density at radius 2 is 2.12 bits per heavy atom. The number of hydrogen-bond acceptors (Lipinski definition) is 3. The molecule has 0 radical (unpaired) electrons. The van der Waals surface area contributed by atoms with Crippen molar-refractivity contribution in [2.75, 3.05) is 18.4 Å². The number of aryl methyl sites for hydroxylation is 1. The number of nitrogens with zero attached hydrogens (tertiary/aromatic N) is 1. The monoisotopic (exact) mass is 235 g/mol. The van der Waals surface area contributed by atoms with Gasteiger partial charge < -0.3 is 10.6 Å². The maximum atomic E-state index is 11.9. The van der Waals surface area contributed by atoms with Gasteiger partial charge >= 0.3 is 0 Å². The van der Waals surface area contributed by atoms with Crippen LogP contribution in [0.3, 0.4) is 0 Å². The van der Waals surface area contributed by atoms with Gasteiger partial charge in [-0.1, -0.05) is 13.8 Å². The molecule has 0 atom stereocenters. The number of carbonyl (C=O) groups is 1. The fraction of sp³-hybridized carbons (Fsp3) is 0.538. The minimum absolute atomic E-state index is 0.0386. The molecule has 1 heterocycles. The molecule has 1 aromatic rings. The van der Waals surface area contributed by atoms with Crippen molar-refractivity contribution < 1.29 is 4.79 Å². The Hall–Kier alpha value is -1.58. The number of rotatable bonds is 5. The second-order valence-corrected chi connectivity index (χ2v) is 4.52. The second-order valence-electron chi connectivity index (χ2n) is 4.52. The molecule has 0 saturated heterocycles. The number of pyridine rings is 1. The van der Waals surface area contributed by atoms with E-state index in [1.807, 2.05) is 13.8 Å². The van der Waals surface area contributed by atoms with E-state index in [1.54, 1.807) is 12.1 Å². The van der Waals surface area contributed by atoms with Crippen LogP contribution in [0, 0.1) is 12.8 Å². The van der Waals surface area contributed by atoms with E-state index < -0.39 is 0 Å². The van der Waals surface area contributed by atoms with Crippen LogP contribution >= 0.6 is 0 Å².